The molecule has 2 saturated carbocycles. The highest BCUT2D eigenvalue weighted by Gasteiger charge is 2.30. The number of hydrogen-bond donors (Lipinski definition) is 3. The van der Waals surface area contributed by atoms with E-state index in [9.17, 15) is 4.79 Å². The number of carbonyl (C=O) groups excluding carboxylic acids is 1. The van der Waals surface area contributed by atoms with E-state index >= 15 is 0 Å². The van der Waals surface area contributed by atoms with Gasteiger partial charge in [0.05, 0.1) is 5.56 Å². The first-order valence-electron chi connectivity index (χ1n) is 9.86. The zero-order chi connectivity index (χ0) is 19.9. The summed E-state index contributed by atoms with van der Waals surface area (Å²) in [7, 11) is 0. The molecule has 5 heteroatoms. The lowest BCUT2D eigenvalue weighted by Gasteiger charge is -2.12. The van der Waals surface area contributed by atoms with Crippen molar-refractivity contribution in [2.75, 3.05) is 0 Å². The molecule has 2 aliphatic carbocycles. The summed E-state index contributed by atoms with van der Waals surface area (Å²) in [5.41, 5.74) is 4.10. The summed E-state index contributed by atoms with van der Waals surface area (Å²) in [5, 5.41) is 14.6. The van der Waals surface area contributed by atoms with Crippen LogP contribution in [-0.2, 0) is 0 Å². The fraction of sp³-hybridized carbons (Fsp3) is 0.348. The average Bonchev–Trinajstić information content (AvgIpc) is 3.58. The SMILES string of the molecule is C\C=C/C(=C\C=C(/C)NC(=O)c1cccnc1)N/C(=C\C(=N)C1CC1)C1CC1. The van der Waals surface area contributed by atoms with Crippen LogP contribution in [0.25, 0.3) is 0 Å². The van der Waals surface area contributed by atoms with Crippen molar-refractivity contribution in [1.82, 2.24) is 15.6 Å². The fourth-order valence-corrected chi connectivity index (χ4v) is 2.82. The average molecular weight is 377 g/mol. The highest BCUT2D eigenvalue weighted by molar-refractivity contribution is 5.96. The Labute approximate surface area is 166 Å². The molecule has 28 heavy (non-hydrogen) atoms. The molecule has 0 bridgehead atoms. The maximum atomic E-state index is 12.2. The molecule has 1 aromatic heterocycles. The third kappa shape index (κ3) is 6.05. The molecule has 5 nitrogen and oxygen atoms in total. The Kier molecular flexibility index (Phi) is 6.58. The van der Waals surface area contributed by atoms with Gasteiger partial charge in [0, 0.05) is 41.1 Å². The number of rotatable bonds is 9. The molecule has 2 fully saturated rings. The van der Waals surface area contributed by atoms with Crippen LogP contribution >= 0.6 is 0 Å². The summed E-state index contributed by atoms with van der Waals surface area (Å²) in [6, 6.07) is 3.48. The largest absolute Gasteiger partial charge is 0.359 e. The van der Waals surface area contributed by atoms with Crippen LogP contribution in [-0.4, -0.2) is 16.6 Å². The van der Waals surface area contributed by atoms with Gasteiger partial charge in [0.25, 0.3) is 5.91 Å². The molecule has 0 aliphatic heterocycles. The van der Waals surface area contributed by atoms with Crippen molar-refractivity contribution in [2.45, 2.75) is 39.5 Å². The van der Waals surface area contributed by atoms with E-state index in [0.717, 1.165) is 35.6 Å². The first-order chi connectivity index (χ1) is 13.6. The van der Waals surface area contributed by atoms with Gasteiger partial charge in [0.2, 0.25) is 0 Å². The molecule has 0 atom stereocenters. The van der Waals surface area contributed by atoms with Crippen LogP contribution in [0.4, 0.5) is 0 Å². The van der Waals surface area contributed by atoms with Gasteiger partial charge in [-0.1, -0.05) is 6.08 Å². The van der Waals surface area contributed by atoms with Gasteiger partial charge in [-0.15, -0.1) is 0 Å². The van der Waals surface area contributed by atoms with Crippen molar-refractivity contribution < 1.29 is 4.79 Å². The third-order valence-corrected chi connectivity index (χ3v) is 4.73. The maximum absolute atomic E-state index is 12.2. The number of allylic oxidation sites excluding steroid dienone is 7. The van der Waals surface area contributed by atoms with Gasteiger partial charge in [-0.2, -0.15) is 0 Å². The smallest absolute Gasteiger partial charge is 0.256 e. The van der Waals surface area contributed by atoms with Crippen molar-refractivity contribution >= 4 is 11.6 Å². The number of aromatic nitrogens is 1. The van der Waals surface area contributed by atoms with Crippen LogP contribution in [0.5, 0.6) is 0 Å². The predicted molar refractivity (Wildman–Crippen MR) is 113 cm³/mol. The summed E-state index contributed by atoms with van der Waals surface area (Å²) in [6.45, 7) is 3.83. The second-order valence-corrected chi connectivity index (χ2v) is 7.40. The molecule has 0 saturated heterocycles. The van der Waals surface area contributed by atoms with E-state index in [1.54, 1.807) is 24.5 Å². The lowest BCUT2D eigenvalue weighted by molar-refractivity contribution is 0.0965. The van der Waals surface area contributed by atoms with Gasteiger partial charge in [-0.05, 0) is 81.9 Å². The Hall–Kier alpha value is -2.95. The summed E-state index contributed by atoms with van der Waals surface area (Å²) in [4.78, 5) is 16.2. The minimum Gasteiger partial charge on any atom is -0.359 e. The van der Waals surface area contributed by atoms with Gasteiger partial charge in [0.15, 0.2) is 0 Å². The molecule has 2 aliphatic rings. The number of hydrogen-bond acceptors (Lipinski definition) is 4. The third-order valence-electron chi connectivity index (χ3n) is 4.73. The fourth-order valence-electron chi connectivity index (χ4n) is 2.82. The van der Waals surface area contributed by atoms with E-state index in [4.69, 9.17) is 5.41 Å². The Morgan fingerprint density at radius 1 is 1.18 bits per heavy atom. The van der Waals surface area contributed by atoms with Gasteiger partial charge in [-0.25, -0.2) is 0 Å². The van der Waals surface area contributed by atoms with Crippen LogP contribution in [0.1, 0.15) is 49.9 Å². The molecule has 0 radical (unpaired) electrons. The van der Waals surface area contributed by atoms with E-state index in [0.29, 0.717) is 17.4 Å². The Bertz CT molecular complexity index is 841. The molecular formula is C23H28N4O. The molecular weight excluding hydrogens is 348 g/mol. The highest BCUT2D eigenvalue weighted by Crippen LogP contribution is 2.37. The summed E-state index contributed by atoms with van der Waals surface area (Å²) in [5.74, 6) is 0.810. The van der Waals surface area contributed by atoms with E-state index in [1.807, 2.05) is 44.2 Å². The predicted octanol–water partition coefficient (Wildman–Crippen LogP) is 4.49. The van der Waals surface area contributed by atoms with Crippen molar-refractivity contribution in [3.05, 3.63) is 77.6 Å². The maximum Gasteiger partial charge on any atom is 0.256 e. The Morgan fingerprint density at radius 2 is 1.93 bits per heavy atom. The monoisotopic (exact) mass is 376 g/mol. The molecule has 1 aromatic rings. The van der Waals surface area contributed by atoms with Crippen LogP contribution in [0.2, 0.25) is 0 Å². The molecule has 1 amide bonds. The highest BCUT2D eigenvalue weighted by atomic mass is 16.1. The number of nitrogens with zero attached hydrogens (tertiary/aromatic N) is 1. The van der Waals surface area contributed by atoms with Crippen molar-refractivity contribution in [2.24, 2.45) is 11.8 Å². The van der Waals surface area contributed by atoms with Crippen molar-refractivity contribution in [3.63, 3.8) is 0 Å². The molecule has 3 N–H and O–H groups in total. The molecule has 0 spiro atoms. The minimum absolute atomic E-state index is 0.174. The normalized spacial score (nSPS) is 18.3. The van der Waals surface area contributed by atoms with Gasteiger partial charge >= 0.3 is 0 Å². The first-order valence-corrected chi connectivity index (χ1v) is 9.86. The summed E-state index contributed by atoms with van der Waals surface area (Å²) >= 11 is 0. The standard InChI is InChI=1S/C23H28N4O/c1-3-5-20(27-22(18-10-11-18)14-21(24)17-8-9-17)12-7-16(2)26-23(28)19-6-4-13-25-15-19/h3-7,12-15,17-18,24,27H,8-11H2,1-2H3,(H,26,28)/b5-3-,16-7+,20-12+,22-14-,24-21?. The van der Waals surface area contributed by atoms with E-state index < -0.39 is 0 Å². The Morgan fingerprint density at radius 3 is 2.54 bits per heavy atom. The molecule has 146 valence electrons. The molecule has 3 rings (SSSR count). The minimum atomic E-state index is -0.174. The van der Waals surface area contributed by atoms with Crippen molar-refractivity contribution in [3.8, 4) is 0 Å². The second-order valence-electron chi connectivity index (χ2n) is 7.40. The second kappa shape index (κ2) is 9.31. The van der Waals surface area contributed by atoms with E-state index in [-0.39, 0.29) is 5.91 Å². The number of nitrogens with one attached hydrogen (secondary N) is 3. The van der Waals surface area contributed by atoms with Crippen LogP contribution < -0.4 is 10.6 Å². The Balaban J connectivity index is 1.67. The quantitative estimate of drug-likeness (QED) is 0.439. The van der Waals surface area contributed by atoms with Gasteiger partial charge < -0.3 is 16.0 Å². The lowest BCUT2D eigenvalue weighted by atomic mass is 10.1. The van der Waals surface area contributed by atoms with Gasteiger partial charge in [0.1, 0.15) is 0 Å². The van der Waals surface area contributed by atoms with E-state index in [2.05, 4.69) is 15.6 Å². The zero-order valence-corrected chi connectivity index (χ0v) is 16.5. The van der Waals surface area contributed by atoms with Crippen LogP contribution in [0, 0.1) is 17.2 Å². The molecule has 0 aromatic carbocycles. The first kappa shape index (κ1) is 19.8. The van der Waals surface area contributed by atoms with Crippen LogP contribution in [0.3, 0.4) is 0 Å². The summed E-state index contributed by atoms with van der Waals surface area (Å²) in [6.07, 6.45) is 17.7. The number of amides is 1. The molecule has 0 unspecified atom stereocenters. The topological polar surface area (TPSA) is 77.9 Å². The summed E-state index contributed by atoms with van der Waals surface area (Å²) < 4.78 is 0. The van der Waals surface area contributed by atoms with Crippen molar-refractivity contribution in [1.29, 1.82) is 5.41 Å². The van der Waals surface area contributed by atoms with Crippen LogP contribution in [0.15, 0.2) is 72.0 Å². The number of carbonyl (C=O) groups is 1. The van der Waals surface area contributed by atoms with E-state index in [1.165, 1.54) is 12.8 Å². The van der Waals surface area contributed by atoms with Gasteiger partial charge in [-0.3, -0.25) is 9.78 Å². The zero-order valence-electron chi connectivity index (χ0n) is 16.5. The molecule has 1 heterocycles. The number of pyridine rings is 1. The lowest BCUT2D eigenvalue weighted by Crippen LogP contribution is -2.21.